The van der Waals surface area contributed by atoms with Crippen molar-refractivity contribution < 1.29 is 28.7 Å². The van der Waals surface area contributed by atoms with Crippen LogP contribution in [0.25, 0.3) is 0 Å². The lowest BCUT2D eigenvalue weighted by Crippen LogP contribution is -2.38. The van der Waals surface area contributed by atoms with Crippen LogP contribution in [0.3, 0.4) is 0 Å². The summed E-state index contributed by atoms with van der Waals surface area (Å²) < 4.78 is 9.90. The van der Waals surface area contributed by atoms with Gasteiger partial charge in [-0.2, -0.15) is 0 Å². The van der Waals surface area contributed by atoms with E-state index in [0.29, 0.717) is 11.4 Å². The summed E-state index contributed by atoms with van der Waals surface area (Å²) >= 11 is 0. The van der Waals surface area contributed by atoms with Gasteiger partial charge in [-0.05, 0) is 43.9 Å². The lowest BCUT2D eigenvalue weighted by molar-refractivity contribution is -0.152. The Morgan fingerprint density at radius 3 is 1.69 bits per heavy atom. The molecule has 8 nitrogen and oxygen atoms in total. The van der Waals surface area contributed by atoms with Crippen LogP contribution in [-0.4, -0.2) is 37.0 Å². The minimum absolute atomic E-state index is 0.201. The molecule has 0 saturated heterocycles. The first-order valence-corrected chi connectivity index (χ1v) is 8.55. The Hall–Kier alpha value is -2.90. The molecule has 1 aromatic rings. The number of ether oxygens (including phenoxy) is 2. The standard InChI is InChI=1S/C18H20N2O6/c1-3-25-17(23)11-6-9-5-10-7-12(18(24)26-4-2)16(22)20-14(10)8-13(9)19-15(11)21/h5,8,11-12H,3-4,6-7H2,1-2H3,(H,19,21)(H,20,22)/t11-,12-/m0/s1. The summed E-state index contributed by atoms with van der Waals surface area (Å²) in [5.74, 6) is -3.79. The number of carbonyl (C=O) groups is 4. The van der Waals surface area contributed by atoms with Crippen molar-refractivity contribution in [3.63, 3.8) is 0 Å². The second-order valence-corrected chi connectivity index (χ2v) is 6.16. The highest BCUT2D eigenvalue weighted by Gasteiger charge is 2.37. The van der Waals surface area contributed by atoms with Gasteiger partial charge in [0.25, 0.3) is 0 Å². The van der Waals surface area contributed by atoms with E-state index in [-0.39, 0.29) is 26.1 Å². The summed E-state index contributed by atoms with van der Waals surface area (Å²) in [4.78, 5) is 48.2. The number of benzene rings is 1. The molecule has 138 valence electrons. The summed E-state index contributed by atoms with van der Waals surface area (Å²) in [6, 6.07) is 3.46. The van der Waals surface area contributed by atoms with Gasteiger partial charge in [0.05, 0.1) is 13.2 Å². The summed E-state index contributed by atoms with van der Waals surface area (Å²) in [6.07, 6.45) is 0.427. The molecule has 0 aliphatic carbocycles. The molecule has 0 aromatic heterocycles. The van der Waals surface area contributed by atoms with Crippen LogP contribution in [0.1, 0.15) is 25.0 Å². The number of hydrogen-bond donors (Lipinski definition) is 2. The molecule has 0 fully saturated rings. The van der Waals surface area contributed by atoms with Crippen LogP contribution in [0, 0.1) is 11.8 Å². The fourth-order valence-electron chi connectivity index (χ4n) is 3.20. The second-order valence-electron chi connectivity index (χ2n) is 6.16. The summed E-state index contributed by atoms with van der Waals surface area (Å²) in [5.41, 5.74) is 2.62. The number of carbonyl (C=O) groups excluding carboxylic acids is 4. The molecule has 0 unspecified atom stereocenters. The largest absolute Gasteiger partial charge is 0.465 e. The van der Waals surface area contributed by atoms with Crippen molar-refractivity contribution in [1.29, 1.82) is 0 Å². The van der Waals surface area contributed by atoms with Crippen LogP contribution in [-0.2, 0) is 41.5 Å². The molecule has 26 heavy (non-hydrogen) atoms. The fraction of sp³-hybridized carbons (Fsp3) is 0.444. The second kappa shape index (κ2) is 7.15. The van der Waals surface area contributed by atoms with Crippen molar-refractivity contribution in [2.24, 2.45) is 11.8 Å². The zero-order valence-corrected chi connectivity index (χ0v) is 14.6. The quantitative estimate of drug-likeness (QED) is 0.613. The van der Waals surface area contributed by atoms with Crippen LogP contribution in [0.2, 0.25) is 0 Å². The minimum atomic E-state index is -0.903. The van der Waals surface area contributed by atoms with E-state index < -0.39 is 35.6 Å². The first kappa shape index (κ1) is 17.9. The first-order chi connectivity index (χ1) is 12.4. The first-order valence-electron chi connectivity index (χ1n) is 8.55. The Morgan fingerprint density at radius 1 is 0.885 bits per heavy atom. The van der Waals surface area contributed by atoms with E-state index in [1.165, 1.54) is 0 Å². The Kier molecular flexibility index (Phi) is 4.92. The minimum Gasteiger partial charge on any atom is -0.465 e. The third kappa shape index (κ3) is 3.26. The monoisotopic (exact) mass is 360 g/mol. The third-order valence-electron chi connectivity index (χ3n) is 4.47. The number of anilines is 2. The average molecular weight is 360 g/mol. The van der Waals surface area contributed by atoms with Crippen LogP contribution in [0.4, 0.5) is 11.4 Å². The smallest absolute Gasteiger partial charge is 0.318 e. The normalized spacial score (nSPS) is 21.0. The summed E-state index contributed by atoms with van der Waals surface area (Å²) in [7, 11) is 0. The Morgan fingerprint density at radius 2 is 1.31 bits per heavy atom. The van der Waals surface area contributed by atoms with Gasteiger partial charge in [0, 0.05) is 11.4 Å². The highest BCUT2D eigenvalue weighted by atomic mass is 16.5. The van der Waals surface area contributed by atoms with Gasteiger partial charge in [-0.15, -0.1) is 0 Å². The highest BCUT2D eigenvalue weighted by Crippen LogP contribution is 2.35. The topological polar surface area (TPSA) is 111 Å². The number of fused-ring (bicyclic) bond motifs is 2. The van der Waals surface area contributed by atoms with Gasteiger partial charge in [0.2, 0.25) is 11.8 Å². The van der Waals surface area contributed by atoms with Gasteiger partial charge in [0.15, 0.2) is 0 Å². The van der Waals surface area contributed by atoms with Gasteiger partial charge in [-0.3, -0.25) is 19.2 Å². The number of rotatable bonds is 4. The molecule has 8 heteroatoms. The molecule has 2 aliphatic rings. The maximum Gasteiger partial charge on any atom is 0.318 e. The van der Waals surface area contributed by atoms with E-state index in [2.05, 4.69) is 10.6 Å². The van der Waals surface area contributed by atoms with Gasteiger partial charge in [-0.1, -0.05) is 6.07 Å². The molecule has 2 atom stereocenters. The van der Waals surface area contributed by atoms with Crippen LogP contribution in [0.5, 0.6) is 0 Å². The average Bonchev–Trinajstić information content (AvgIpc) is 2.59. The lowest BCUT2D eigenvalue weighted by Gasteiger charge is -2.28. The Labute approximate surface area is 150 Å². The highest BCUT2D eigenvalue weighted by molar-refractivity contribution is 6.09. The maximum absolute atomic E-state index is 12.2. The Bertz CT molecular complexity index is 727. The van der Waals surface area contributed by atoms with Gasteiger partial charge in [-0.25, -0.2) is 0 Å². The van der Waals surface area contributed by atoms with Crippen LogP contribution >= 0.6 is 0 Å². The van der Waals surface area contributed by atoms with Crippen LogP contribution in [0.15, 0.2) is 12.1 Å². The molecule has 3 rings (SSSR count). The molecule has 1 aromatic carbocycles. The van der Waals surface area contributed by atoms with E-state index in [4.69, 9.17) is 9.47 Å². The van der Waals surface area contributed by atoms with Gasteiger partial charge >= 0.3 is 11.9 Å². The fourth-order valence-corrected chi connectivity index (χ4v) is 3.20. The molecule has 2 heterocycles. The van der Waals surface area contributed by atoms with Crippen molar-refractivity contribution >= 4 is 35.1 Å². The third-order valence-corrected chi connectivity index (χ3v) is 4.47. The number of hydrogen-bond acceptors (Lipinski definition) is 6. The van der Waals surface area contributed by atoms with Crippen LogP contribution < -0.4 is 10.6 Å². The van der Waals surface area contributed by atoms with E-state index in [1.807, 2.05) is 6.07 Å². The zero-order valence-electron chi connectivity index (χ0n) is 14.6. The van der Waals surface area contributed by atoms with Crippen molar-refractivity contribution in [2.75, 3.05) is 23.8 Å². The summed E-state index contributed by atoms with van der Waals surface area (Å²) in [6.45, 7) is 3.77. The van der Waals surface area contributed by atoms with Gasteiger partial charge in [0.1, 0.15) is 11.8 Å². The van der Waals surface area contributed by atoms with Gasteiger partial charge < -0.3 is 20.1 Å². The van der Waals surface area contributed by atoms with E-state index in [0.717, 1.165) is 11.1 Å². The van der Waals surface area contributed by atoms with Crippen molar-refractivity contribution in [1.82, 2.24) is 0 Å². The number of nitrogens with one attached hydrogen (secondary N) is 2. The lowest BCUT2D eigenvalue weighted by atomic mass is 9.87. The zero-order chi connectivity index (χ0) is 18.8. The molecule has 0 spiro atoms. The molecule has 2 N–H and O–H groups in total. The predicted octanol–water partition coefficient (Wildman–Crippen LogP) is 1.03. The van der Waals surface area contributed by atoms with Crippen molar-refractivity contribution in [3.05, 3.63) is 23.3 Å². The van der Waals surface area contributed by atoms with E-state index >= 15 is 0 Å². The van der Waals surface area contributed by atoms with E-state index in [9.17, 15) is 19.2 Å². The molecule has 2 amide bonds. The molecule has 0 bridgehead atoms. The molecular formula is C18H20N2O6. The van der Waals surface area contributed by atoms with E-state index in [1.54, 1.807) is 19.9 Å². The van der Waals surface area contributed by atoms with Crippen molar-refractivity contribution in [2.45, 2.75) is 26.7 Å². The SMILES string of the molecule is CCOC(=O)[C@H]1Cc2cc3c(cc2NC1=O)NC(=O)[C@@H](C(=O)OCC)C3. The molecule has 0 saturated carbocycles. The summed E-state index contributed by atoms with van der Waals surface area (Å²) in [5, 5.41) is 5.37. The predicted molar refractivity (Wildman–Crippen MR) is 91.4 cm³/mol. The Balaban J connectivity index is 1.87. The van der Waals surface area contributed by atoms with Crippen molar-refractivity contribution in [3.8, 4) is 0 Å². The molecule has 0 radical (unpaired) electrons. The number of esters is 2. The maximum atomic E-state index is 12.2. The molecule has 2 aliphatic heterocycles. The number of amides is 2. The molecular weight excluding hydrogens is 340 g/mol.